The van der Waals surface area contributed by atoms with E-state index in [0.29, 0.717) is 6.07 Å². The first-order chi connectivity index (χ1) is 7.34. The minimum Gasteiger partial charge on any atom is -0.507 e. The third kappa shape index (κ3) is 2.16. The Morgan fingerprint density at radius 2 is 2.06 bits per heavy atom. The summed E-state index contributed by atoms with van der Waals surface area (Å²) in [6.07, 6.45) is 0. The summed E-state index contributed by atoms with van der Waals surface area (Å²) in [6.45, 7) is 3.16. The fourth-order valence-corrected chi connectivity index (χ4v) is 1.20. The molecule has 1 aromatic carbocycles. The van der Waals surface area contributed by atoms with Crippen LogP contribution in [0.2, 0.25) is 0 Å². The summed E-state index contributed by atoms with van der Waals surface area (Å²) in [7, 11) is 0. The second-order valence-corrected chi connectivity index (χ2v) is 3.60. The van der Waals surface area contributed by atoms with Crippen molar-refractivity contribution in [3.8, 4) is 5.75 Å². The summed E-state index contributed by atoms with van der Waals surface area (Å²) in [4.78, 5) is 21.1. The summed E-state index contributed by atoms with van der Waals surface area (Å²) in [5.41, 5.74) is -1.05. The first-order valence-corrected chi connectivity index (χ1v) is 4.55. The maximum absolute atomic E-state index is 13.0. The van der Waals surface area contributed by atoms with Gasteiger partial charge in [-0.1, -0.05) is 13.8 Å². The number of hydrogen-bond acceptors (Lipinski definition) is 4. The van der Waals surface area contributed by atoms with Crippen LogP contribution in [-0.4, -0.2) is 15.8 Å². The number of ketones is 1. The highest BCUT2D eigenvalue weighted by Gasteiger charge is 2.23. The topological polar surface area (TPSA) is 80.4 Å². The van der Waals surface area contributed by atoms with Crippen LogP contribution in [0.4, 0.5) is 10.1 Å². The van der Waals surface area contributed by atoms with Crippen LogP contribution >= 0.6 is 0 Å². The summed E-state index contributed by atoms with van der Waals surface area (Å²) in [6, 6.07) is 1.33. The third-order valence-electron chi connectivity index (χ3n) is 2.05. The van der Waals surface area contributed by atoms with Crippen LogP contribution in [-0.2, 0) is 0 Å². The molecule has 6 heteroatoms. The van der Waals surface area contributed by atoms with Crippen molar-refractivity contribution in [1.29, 1.82) is 0 Å². The van der Waals surface area contributed by atoms with Gasteiger partial charge >= 0.3 is 5.69 Å². The molecule has 0 aliphatic carbocycles. The van der Waals surface area contributed by atoms with Crippen LogP contribution in [0, 0.1) is 21.8 Å². The predicted octanol–water partition coefficient (Wildman–Crippen LogP) is 2.28. The molecule has 0 unspecified atom stereocenters. The molecule has 1 rings (SSSR count). The minimum absolute atomic E-state index is 0.233. The molecule has 0 aromatic heterocycles. The SMILES string of the molecule is CC(C)C(=O)c1cc([N+](=O)[O-])c(F)cc1O. The van der Waals surface area contributed by atoms with E-state index in [9.17, 15) is 24.4 Å². The molecule has 0 fully saturated rings. The number of rotatable bonds is 3. The first-order valence-electron chi connectivity index (χ1n) is 4.55. The van der Waals surface area contributed by atoms with Crippen molar-refractivity contribution in [1.82, 2.24) is 0 Å². The van der Waals surface area contributed by atoms with E-state index in [1.165, 1.54) is 0 Å². The Bertz CT molecular complexity index is 456. The van der Waals surface area contributed by atoms with Crippen molar-refractivity contribution in [3.05, 3.63) is 33.6 Å². The molecule has 1 N–H and O–H groups in total. The van der Waals surface area contributed by atoms with Crippen LogP contribution in [0.5, 0.6) is 5.75 Å². The van der Waals surface area contributed by atoms with Crippen molar-refractivity contribution < 1.29 is 19.2 Å². The number of benzene rings is 1. The second kappa shape index (κ2) is 4.26. The quantitative estimate of drug-likeness (QED) is 0.488. The van der Waals surface area contributed by atoms with Gasteiger partial charge in [0.2, 0.25) is 5.82 Å². The van der Waals surface area contributed by atoms with Gasteiger partial charge in [0.15, 0.2) is 5.78 Å². The summed E-state index contributed by atoms with van der Waals surface area (Å²) in [5.74, 6) is -2.65. The molecule has 0 aliphatic heterocycles. The number of aromatic hydroxyl groups is 1. The van der Waals surface area contributed by atoms with Gasteiger partial charge in [-0.3, -0.25) is 14.9 Å². The van der Waals surface area contributed by atoms with Crippen molar-refractivity contribution in [2.45, 2.75) is 13.8 Å². The van der Waals surface area contributed by atoms with E-state index in [1.807, 2.05) is 0 Å². The van der Waals surface area contributed by atoms with Crippen LogP contribution in [0.1, 0.15) is 24.2 Å². The fourth-order valence-electron chi connectivity index (χ4n) is 1.20. The van der Waals surface area contributed by atoms with E-state index in [1.54, 1.807) is 13.8 Å². The van der Waals surface area contributed by atoms with Gasteiger partial charge in [-0.15, -0.1) is 0 Å². The molecule has 1 aromatic rings. The Hall–Kier alpha value is -1.98. The Balaban J connectivity index is 3.36. The van der Waals surface area contributed by atoms with Gasteiger partial charge < -0.3 is 5.11 Å². The van der Waals surface area contributed by atoms with E-state index in [-0.39, 0.29) is 5.56 Å². The number of carbonyl (C=O) groups is 1. The lowest BCUT2D eigenvalue weighted by Crippen LogP contribution is -2.08. The van der Waals surface area contributed by atoms with E-state index < -0.39 is 33.9 Å². The van der Waals surface area contributed by atoms with Gasteiger partial charge in [-0.2, -0.15) is 4.39 Å². The first kappa shape index (κ1) is 12.1. The van der Waals surface area contributed by atoms with Crippen LogP contribution < -0.4 is 0 Å². The zero-order chi connectivity index (χ0) is 12.5. The highest BCUT2D eigenvalue weighted by molar-refractivity contribution is 6.00. The second-order valence-electron chi connectivity index (χ2n) is 3.60. The molecule has 5 nitrogen and oxygen atoms in total. The number of nitrogens with zero attached hydrogens (tertiary/aromatic N) is 1. The number of nitro benzene ring substituents is 1. The number of nitro groups is 1. The van der Waals surface area contributed by atoms with Crippen LogP contribution in [0.3, 0.4) is 0 Å². The number of phenolic OH excluding ortho intramolecular Hbond substituents is 1. The molecule has 86 valence electrons. The molecular weight excluding hydrogens is 217 g/mol. The van der Waals surface area contributed by atoms with Crippen LogP contribution in [0.25, 0.3) is 0 Å². The van der Waals surface area contributed by atoms with E-state index in [4.69, 9.17) is 0 Å². The molecule has 0 atom stereocenters. The number of halogens is 1. The zero-order valence-electron chi connectivity index (χ0n) is 8.73. The molecule has 0 amide bonds. The van der Waals surface area contributed by atoms with Crippen LogP contribution in [0.15, 0.2) is 12.1 Å². The van der Waals surface area contributed by atoms with Crippen molar-refractivity contribution in [2.24, 2.45) is 5.92 Å². The number of Topliss-reactive ketones (excluding diaryl/α,β-unsaturated/α-hetero) is 1. The van der Waals surface area contributed by atoms with Crippen molar-refractivity contribution in [3.63, 3.8) is 0 Å². The van der Waals surface area contributed by atoms with Gasteiger partial charge in [0.1, 0.15) is 5.75 Å². The van der Waals surface area contributed by atoms with Gasteiger partial charge in [-0.25, -0.2) is 0 Å². The largest absolute Gasteiger partial charge is 0.507 e. The monoisotopic (exact) mass is 227 g/mol. The fraction of sp³-hybridized carbons (Fsp3) is 0.300. The Morgan fingerprint density at radius 1 is 1.50 bits per heavy atom. The average Bonchev–Trinajstić information content (AvgIpc) is 2.16. The Labute approximate surface area is 90.7 Å². The highest BCUT2D eigenvalue weighted by atomic mass is 19.1. The van der Waals surface area contributed by atoms with E-state index in [0.717, 1.165) is 6.07 Å². The Kier molecular flexibility index (Phi) is 3.22. The maximum Gasteiger partial charge on any atom is 0.305 e. The number of carbonyl (C=O) groups excluding carboxylic acids is 1. The lowest BCUT2D eigenvalue weighted by atomic mass is 9.99. The predicted molar refractivity (Wildman–Crippen MR) is 53.9 cm³/mol. The summed E-state index contributed by atoms with van der Waals surface area (Å²) < 4.78 is 13.0. The molecule has 0 heterocycles. The lowest BCUT2D eigenvalue weighted by molar-refractivity contribution is -0.387. The molecule has 0 saturated carbocycles. The number of hydrogen-bond donors (Lipinski definition) is 1. The average molecular weight is 227 g/mol. The van der Waals surface area contributed by atoms with Crippen molar-refractivity contribution in [2.75, 3.05) is 0 Å². The normalized spacial score (nSPS) is 10.5. The minimum atomic E-state index is -1.16. The maximum atomic E-state index is 13.0. The molecular formula is C10H10FNO4. The molecule has 0 bridgehead atoms. The summed E-state index contributed by atoms with van der Waals surface area (Å²) >= 11 is 0. The van der Waals surface area contributed by atoms with Crippen molar-refractivity contribution >= 4 is 11.5 Å². The third-order valence-corrected chi connectivity index (χ3v) is 2.05. The molecule has 0 aliphatic rings. The molecule has 0 spiro atoms. The van der Waals surface area contributed by atoms with E-state index >= 15 is 0 Å². The Morgan fingerprint density at radius 3 is 2.50 bits per heavy atom. The lowest BCUT2D eigenvalue weighted by Gasteiger charge is -2.06. The molecule has 0 radical (unpaired) electrons. The van der Waals surface area contributed by atoms with Gasteiger partial charge in [0, 0.05) is 18.1 Å². The van der Waals surface area contributed by atoms with Gasteiger partial charge in [-0.05, 0) is 0 Å². The van der Waals surface area contributed by atoms with Gasteiger partial charge in [0.25, 0.3) is 0 Å². The zero-order valence-corrected chi connectivity index (χ0v) is 8.73. The standard InChI is InChI=1S/C10H10FNO4/c1-5(2)10(14)6-3-8(12(15)16)7(11)4-9(6)13/h3-5,13H,1-2H3. The summed E-state index contributed by atoms with van der Waals surface area (Å²) in [5, 5.41) is 19.8. The molecule has 16 heavy (non-hydrogen) atoms. The highest BCUT2D eigenvalue weighted by Crippen LogP contribution is 2.28. The number of phenols is 1. The molecule has 0 saturated heterocycles. The smallest absolute Gasteiger partial charge is 0.305 e. The van der Waals surface area contributed by atoms with E-state index in [2.05, 4.69) is 0 Å². The van der Waals surface area contributed by atoms with Gasteiger partial charge in [0.05, 0.1) is 10.5 Å².